The lowest BCUT2D eigenvalue weighted by Gasteiger charge is -2.42. The zero-order valence-electron chi connectivity index (χ0n) is 9.95. The molecule has 0 bridgehead atoms. The highest BCUT2D eigenvalue weighted by atomic mass is 15.2. The van der Waals surface area contributed by atoms with Gasteiger partial charge in [0, 0.05) is 18.0 Å². The van der Waals surface area contributed by atoms with E-state index in [9.17, 15) is 0 Å². The molecule has 2 atom stereocenters. The van der Waals surface area contributed by atoms with Crippen LogP contribution >= 0.6 is 0 Å². The molecular weight excluding hydrogens is 196 g/mol. The minimum absolute atomic E-state index is 0.418. The number of hydrogen-bond donors (Lipinski definition) is 1. The minimum Gasteiger partial charge on any atom is -0.315 e. The molecule has 1 aromatic rings. The second kappa shape index (κ2) is 3.86. The second-order valence-corrected chi connectivity index (χ2v) is 5.22. The molecule has 2 aliphatic rings. The van der Waals surface area contributed by atoms with Gasteiger partial charge < -0.3 is 10.2 Å². The topological polar surface area (TPSA) is 15.3 Å². The Kier molecular flexibility index (Phi) is 2.49. The van der Waals surface area contributed by atoms with Crippen LogP contribution in [-0.4, -0.2) is 37.6 Å². The fourth-order valence-corrected chi connectivity index (χ4v) is 3.56. The van der Waals surface area contributed by atoms with Crippen LogP contribution in [0.2, 0.25) is 0 Å². The van der Waals surface area contributed by atoms with Crippen molar-refractivity contribution >= 4 is 0 Å². The van der Waals surface area contributed by atoms with Gasteiger partial charge in [-0.15, -0.1) is 0 Å². The van der Waals surface area contributed by atoms with E-state index in [-0.39, 0.29) is 0 Å². The van der Waals surface area contributed by atoms with Crippen LogP contribution in [0.25, 0.3) is 0 Å². The van der Waals surface area contributed by atoms with Crippen LogP contribution in [0.3, 0.4) is 0 Å². The van der Waals surface area contributed by atoms with Gasteiger partial charge in [0.15, 0.2) is 0 Å². The highest BCUT2D eigenvalue weighted by Crippen LogP contribution is 2.43. The number of benzene rings is 1. The molecule has 2 fully saturated rings. The molecule has 3 rings (SSSR count). The van der Waals surface area contributed by atoms with Crippen molar-refractivity contribution in [3.63, 3.8) is 0 Å². The van der Waals surface area contributed by atoms with Gasteiger partial charge in [-0.25, -0.2) is 0 Å². The van der Waals surface area contributed by atoms with E-state index < -0.39 is 0 Å². The first-order chi connectivity index (χ1) is 7.83. The molecule has 86 valence electrons. The third-order valence-corrected chi connectivity index (χ3v) is 4.51. The number of rotatable bonds is 1. The molecule has 0 radical (unpaired) electrons. The fourth-order valence-electron chi connectivity index (χ4n) is 3.56. The van der Waals surface area contributed by atoms with Crippen molar-refractivity contribution in [3.05, 3.63) is 35.9 Å². The van der Waals surface area contributed by atoms with E-state index in [1.165, 1.54) is 25.9 Å². The van der Waals surface area contributed by atoms with E-state index in [1.807, 2.05) is 0 Å². The van der Waals surface area contributed by atoms with Crippen LogP contribution in [0.5, 0.6) is 0 Å². The Bertz CT molecular complexity index is 358. The van der Waals surface area contributed by atoms with Gasteiger partial charge in [0.25, 0.3) is 0 Å². The van der Waals surface area contributed by atoms with Crippen LogP contribution < -0.4 is 5.32 Å². The largest absolute Gasteiger partial charge is 0.315 e. The van der Waals surface area contributed by atoms with Crippen LogP contribution in [0, 0.1) is 0 Å². The Morgan fingerprint density at radius 1 is 1.25 bits per heavy atom. The Labute approximate surface area is 97.6 Å². The van der Waals surface area contributed by atoms with Gasteiger partial charge in [-0.3, -0.25) is 0 Å². The average molecular weight is 216 g/mol. The first-order valence-corrected chi connectivity index (χ1v) is 6.29. The second-order valence-electron chi connectivity index (χ2n) is 5.22. The van der Waals surface area contributed by atoms with Crippen molar-refractivity contribution in [2.24, 2.45) is 0 Å². The SMILES string of the molecule is CN1CC[C@]2(c3ccccc3)CCNC[C@H]12. The standard InChI is InChI=1S/C14H20N2/c1-16-10-8-14(7-9-15-11-13(14)16)12-5-3-2-4-6-12/h2-6,13,15H,7-11H2,1H3/t13-,14-/m0/s1. The lowest BCUT2D eigenvalue weighted by Crippen LogP contribution is -2.53. The van der Waals surface area contributed by atoms with Crippen LogP contribution in [0.4, 0.5) is 0 Å². The number of piperidine rings is 1. The maximum absolute atomic E-state index is 3.54. The van der Waals surface area contributed by atoms with Gasteiger partial charge >= 0.3 is 0 Å². The van der Waals surface area contributed by atoms with Gasteiger partial charge in [-0.2, -0.15) is 0 Å². The molecule has 2 nitrogen and oxygen atoms in total. The smallest absolute Gasteiger partial charge is 0.0315 e. The molecule has 2 heterocycles. The first kappa shape index (κ1) is 10.3. The van der Waals surface area contributed by atoms with Crippen molar-refractivity contribution in [1.82, 2.24) is 10.2 Å². The summed E-state index contributed by atoms with van der Waals surface area (Å²) in [7, 11) is 2.27. The van der Waals surface area contributed by atoms with Gasteiger partial charge in [0.2, 0.25) is 0 Å². The number of nitrogens with zero attached hydrogens (tertiary/aromatic N) is 1. The maximum Gasteiger partial charge on any atom is 0.0315 e. The predicted octanol–water partition coefficient (Wildman–Crippen LogP) is 1.62. The molecule has 1 N–H and O–H groups in total. The molecule has 0 aromatic heterocycles. The monoisotopic (exact) mass is 216 g/mol. The van der Waals surface area contributed by atoms with E-state index in [0.717, 1.165) is 6.54 Å². The Morgan fingerprint density at radius 3 is 2.88 bits per heavy atom. The first-order valence-electron chi connectivity index (χ1n) is 6.29. The number of likely N-dealkylation sites (N-methyl/N-ethyl adjacent to an activating group) is 1. The van der Waals surface area contributed by atoms with Crippen molar-refractivity contribution in [2.45, 2.75) is 24.3 Å². The summed E-state index contributed by atoms with van der Waals surface area (Å²) in [5.74, 6) is 0. The van der Waals surface area contributed by atoms with E-state index in [4.69, 9.17) is 0 Å². The lowest BCUT2D eigenvalue weighted by molar-refractivity contribution is 0.196. The summed E-state index contributed by atoms with van der Waals surface area (Å²) in [6, 6.07) is 11.8. The highest BCUT2D eigenvalue weighted by molar-refractivity contribution is 5.31. The zero-order valence-corrected chi connectivity index (χ0v) is 9.95. The average Bonchev–Trinajstić information content (AvgIpc) is 2.70. The van der Waals surface area contributed by atoms with Gasteiger partial charge in [0.1, 0.15) is 0 Å². The number of likely N-dealkylation sites (tertiary alicyclic amines) is 1. The van der Waals surface area contributed by atoms with Gasteiger partial charge in [-0.05, 0) is 38.5 Å². The molecular formula is C14H20N2. The summed E-state index contributed by atoms with van der Waals surface area (Å²) >= 11 is 0. The summed E-state index contributed by atoms with van der Waals surface area (Å²) in [5.41, 5.74) is 1.97. The maximum atomic E-state index is 3.54. The predicted molar refractivity (Wildman–Crippen MR) is 66.6 cm³/mol. The van der Waals surface area contributed by atoms with E-state index in [0.29, 0.717) is 11.5 Å². The summed E-state index contributed by atoms with van der Waals surface area (Å²) < 4.78 is 0. The molecule has 0 saturated carbocycles. The normalized spacial score (nSPS) is 34.9. The summed E-state index contributed by atoms with van der Waals surface area (Å²) in [6.07, 6.45) is 2.60. The van der Waals surface area contributed by atoms with Crippen LogP contribution in [0.15, 0.2) is 30.3 Å². The van der Waals surface area contributed by atoms with Crippen molar-refractivity contribution < 1.29 is 0 Å². The highest BCUT2D eigenvalue weighted by Gasteiger charge is 2.47. The van der Waals surface area contributed by atoms with Crippen LogP contribution in [-0.2, 0) is 5.41 Å². The zero-order chi connectivity index (χ0) is 11.0. The minimum atomic E-state index is 0.418. The number of fused-ring (bicyclic) bond motifs is 1. The quantitative estimate of drug-likeness (QED) is 0.767. The summed E-state index contributed by atoms with van der Waals surface area (Å²) in [4.78, 5) is 2.53. The molecule has 1 aromatic carbocycles. The molecule has 2 heteroatoms. The molecule has 2 saturated heterocycles. The van der Waals surface area contributed by atoms with E-state index >= 15 is 0 Å². The van der Waals surface area contributed by atoms with Gasteiger partial charge in [-0.1, -0.05) is 30.3 Å². The Balaban J connectivity index is 2.01. The van der Waals surface area contributed by atoms with Crippen molar-refractivity contribution in [3.8, 4) is 0 Å². The number of hydrogen-bond acceptors (Lipinski definition) is 2. The third kappa shape index (κ3) is 1.40. The Hall–Kier alpha value is -0.860. The molecule has 0 unspecified atom stereocenters. The van der Waals surface area contributed by atoms with E-state index in [1.54, 1.807) is 5.56 Å². The number of nitrogens with one attached hydrogen (secondary N) is 1. The van der Waals surface area contributed by atoms with E-state index in [2.05, 4.69) is 47.6 Å². The Morgan fingerprint density at radius 2 is 2.06 bits per heavy atom. The van der Waals surface area contributed by atoms with Crippen molar-refractivity contribution in [1.29, 1.82) is 0 Å². The molecule has 2 aliphatic heterocycles. The third-order valence-electron chi connectivity index (χ3n) is 4.51. The summed E-state index contributed by atoms with van der Waals surface area (Å²) in [6.45, 7) is 3.55. The molecule has 0 amide bonds. The molecule has 0 aliphatic carbocycles. The van der Waals surface area contributed by atoms with Crippen molar-refractivity contribution in [2.75, 3.05) is 26.7 Å². The summed E-state index contributed by atoms with van der Waals surface area (Å²) in [5, 5.41) is 3.54. The lowest BCUT2D eigenvalue weighted by atomic mass is 9.70. The molecule has 0 spiro atoms. The fraction of sp³-hybridized carbons (Fsp3) is 0.571. The van der Waals surface area contributed by atoms with Gasteiger partial charge in [0.05, 0.1) is 0 Å². The van der Waals surface area contributed by atoms with Crippen LogP contribution in [0.1, 0.15) is 18.4 Å². The molecule has 16 heavy (non-hydrogen) atoms.